The predicted octanol–water partition coefficient (Wildman–Crippen LogP) is 3.20. The Balaban J connectivity index is 3.12. The molecule has 0 saturated heterocycles. The van der Waals surface area contributed by atoms with Gasteiger partial charge in [0.2, 0.25) is 0 Å². The van der Waals surface area contributed by atoms with Crippen molar-refractivity contribution in [3.63, 3.8) is 0 Å². The van der Waals surface area contributed by atoms with E-state index in [-0.39, 0.29) is 6.61 Å². The second kappa shape index (κ2) is 7.27. The highest BCUT2D eigenvalue weighted by Crippen LogP contribution is 2.36. The van der Waals surface area contributed by atoms with Gasteiger partial charge in [-0.05, 0) is 50.9 Å². The number of ether oxygens (including phenoxy) is 1. The zero-order valence-corrected chi connectivity index (χ0v) is 14.1. The molecule has 0 atom stereocenters. The van der Waals surface area contributed by atoms with Gasteiger partial charge in [0.1, 0.15) is 5.75 Å². The Morgan fingerprint density at radius 2 is 1.79 bits per heavy atom. The van der Waals surface area contributed by atoms with Crippen LogP contribution in [0.1, 0.15) is 28.7 Å². The van der Waals surface area contributed by atoms with Gasteiger partial charge in [-0.1, -0.05) is 15.9 Å². The molecule has 0 saturated carbocycles. The summed E-state index contributed by atoms with van der Waals surface area (Å²) in [7, 11) is 3.80. The summed E-state index contributed by atoms with van der Waals surface area (Å²) in [4.78, 5) is 2.21. The molecule has 1 aromatic carbocycles. The van der Waals surface area contributed by atoms with Crippen molar-refractivity contribution in [2.24, 2.45) is 0 Å². The van der Waals surface area contributed by atoms with Gasteiger partial charge in [-0.2, -0.15) is 0 Å². The number of aliphatic hydroxyl groups excluding tert-OH is 1. The van der Waals surface area contributed by atoms with E-state index < -0.39 is 0 Å². The quantitative estimate of drug-likeness (QED) is 0.869. The molecule has 0 spiro atoms. The van der Waals surface area contributed by atoms with E-state index in [1.54, 1.807) is 7.11 Å². The summed E-state index contributed by atoms with van der Waals surface area (Å²) >= 11 is 3.67. The van der Waals surface area contributed by atoms with E-state index in [2.05, 4.69) is 48.6 Å². The van der Waals surface area contributed by atoms with Crippen LogP contribution in [0.4, 0.5) is 0 Å². The number of benzene rings is 1. The van der Waals surface area contributed by atoms with Crippen LogP contribution in [0.25, 0.3) is 0 Å². The second-order valence-electron chi connectivity index (χ2n) is 5.02. The molecular formula is C15H24BrNO2. The van der Waals surface area contributed by atoms with Crippen LogP contribution in [-0.2, 0) is 6.54 Å². The van der Waals surface area contributed by atoms with Crippen LogP contribution in [0.5, 0.6) is 5.75 Å². The molecular weight excluding hydrogens is 306 g/mol. The first-order valence-corrected chi connectivity index (χ1v) is 7.34. The second-order valence-corrected chi connectivity index (χ2v) is 5.81. The first-order chi connectivity index (χ1) is 8.93. The standard InChI is InChI=1S/C15H24BrNO2/c1-10-11(2)15(19-5)13(12(3)14(10)16)9-17(4)7-6-8-18/h18H,6-9H2,1-5H3. The lowest BCUT2D eigenvalue weighted by atomic mass is 9.98. The molecule has 0 unspecified atom stereocenters. The topological polar surface area (TPSA) is 32.7 Å². The number of nitrogens with zero attached hydrogens (tertiary/aromatic N) is 1. The predicted molar refractivity (Wildman–Crippen MR) is 82.9 cm³/mol. The maximum absolute atomic E-state index is 8.90. The van der Waals surface area contributed by atoms with Crippen molar-refractivity contribution in [1.82, 2.24) is 4.90 Å². The summed E-state index contributed by atoms with van der Waals surface area (Å²) in [6, 6.07) is 0. The van der Waals surface area contributed by atoms with E-state index in [9.17, 15) is 0 Å². The molecule has 0 aliphatic rings. The van der Waals surface area contributed by atoms with Gasteiger partial charge in [0.05, 0.1) is 7.11 Å². The molecule has 1 aromatic rings. The van der Waals surface area contributed by atoms with E-state index in [1.807, 2.05) is 0 Å². The summed E-state index contributed by atoms with van der Waals surface area (Å²) in [5, 5.41) is 8.90. The smallest absolute Gasteiger partial charge is 0.126 e. The minimum absolute atomic E-state index is 0.233. The maximum atomic E-state index is 8.90. The molecule has 0 radical (unpaired) electrons. The molecule has 0 heterocycles. The first kappa shape index (κ1) is 16.5. The van der Waals surface area contributed by atoms with E-state index in [0.717, 1.165) is 29.7 Å². The summed E-state index contributed by atoms with van der Waals surface area (Å²) < 4.78 is 6.76. The Bertz CT molecular complexity index is 447. The number of hydrogen-bond acceptors (Lipinski definition) is 3. The number of aliphatic hydroxyl groups is 1. The molecule has 1 rings (SSSR count). The molecule has 3 nitrogen and oxygen atoms in total. The lowest BCUT2D eigenvalue weighted by Gasteiger charge is -2.23. The van der Waals surface area contributed by atoms with Crippen molar-refractivity contribution in [2.45, 2.75) is 33.7 Å². The minimum Gasteiger partial charge on any atom is -0.496 e. The van der Waals surface area contributed by atoms with Gasteiger partial charge in [-0.3, -0.25) is 0 Å². The Kier molecular flexibility index (Phi) is 6.30. The van der Waals surface area contributed by atoms with Gasteiger partial charge in [-0.25, -0.2) is 0 Å². The van der Waals surface area contributed by atoms with Gasteiger partial charge < -0.3 is 14.7 Å². The Morgan fingerprint density at radius 3 is 2.32 bits per heavy atom. The zero-order valence-electron chi connectivity index (χ0n) is 12.5. The van der Waals surface area contributed by atoms with Crippen molar-refractivity contribution in [3.05, 3.63) is 26.7 Å². The van der Waals surface area contributed by atoms with E-state index in [4.69, 9.17) is 9.84 Å². The van der Waals surface area contributed by atoms with E-state index in [1.165, 1.54) is 22.3 Å². The van der Waals surface area contributed by atoms with Gasteiger partial charge >= 0.3 is 0 Å². The Labute approximate surface area is 124 Å². The molecule has 0 aliphatic heterocycles. The SMILES string of the molecule is COc1c(C)c(C)c(Br)c(C)c1CN(C)CCCO. The highest BCUT2D eigenvalue weighted by Gasteiger charge is 2.17. The van der Waals surface area contributed by atoms with Crippen molar-refractivity contribution >= 4 is 15.9 Å². The lowest BCUT2D eigenvalue weighted by molar-refractivity contribution is 0.242. The Morgan fingerprint density at radius 1 is 1.16 bits per heavy atom. The van der Waals surface area contributed by atoms with Crippen molar-refractivity contribution < 1.29 is 9.84 Å². The normalized spacial score (nSPS) is 11.2. The Hall–Kier alpha value is -0.580. The fourth-order valence-electron chi connectivity index (χ4n) is 2.30. The summed E-state index contributed by atoms with van der Waals surface area (Å²) in [5.74, 6) is 0.981. The molecule has 0 aromatic heterocycles. The number of rotatable bonds is 6. The molecule has 1 N–H and O–H groups in total. The van der Waals surface area contributed by atoms with Crippen LogP contribution in [0, 0.1) is 20.8 Å². The number of halogens is 1. The fourth-order valence-corrected chi connectivity index (χ4v) is 2.84. The third kappa shape index (κ3) is 3.71. The highest BCUT2D eigenvalue weighted by molar-refractivity contribution is 9.10. The van der Waals surface area contributed by atoms with Crippen molar-refractivity contribution in [1.29, 1.82) is 0 Å². The minimum atomic E-state index is 0.233. The van der Waals surface area contributed by atoms with E-state index in [0.29, 0.717) is 0 Å². The van der Waals surface area contributed by atoms with Gasteiger partial charge in [0, 0.05) is 29.7 Å². The average Bonchev–Trinajstić information content (AvgIpc) is 2.40. The summed E-state index contributed by atoms with van der Waals surface area (Å²) in [6.07, 6.45) is 0.796. The highest BCUT2D eigenvalue weighted by atomic mass is 79.9. The number of hydrogen-bond donors (Lipinski definition) is 1. The summed E-state index contributed by atoms with van der Waals surface area (Å²) in [6.45, 7) is 8.26. The van der Waals surface area contributed by atoms with Crippen molar-refractivity contribution in [3.8, 4) is 5.75 Å². The molecule has 0 amide bonds. The van der Waals surface area contributed by atoms with Crippen LogP contribution < -0.4 is 4.74 Å². The van der Waals surface area contributed by atoms with Crippen LogP contribution in [0.15, 0.2) is 4.47 Å². The fraction of sp³-hybridized carbons (Fsp3) is 0.600. The van der Waals surface area contributed by atoms with Gasteiger partial charge in [0.25, 0.3) is 0 Å². The summed E-state index contributed by atoms with van der Waals surface area (Å²) in [5.41, 5.74) is 4.87. The maximum Gasteiger partial charge on any atom is 0.126 e. The van der Waals surface area contributed by atoms with Crippen LogP contribution in [-0.4, -0.2) is 37.3 Å². The molecule has 0 aliphatic carbocycles. The lowest BCUT2D eigenvalue weighted by Crippen LogP contribution is -2.21. The zero-order chi connectivity index (χ0) is 14.6. The molecule has 0 bridgehead atoms. The molecule has 0 fully saturated rings. The largest absolute Gasteiger partial charge is 0.496 e. The average molecular weight is 330 g/mol. The van der Waals surface area contributed by atoms with E-state index >= 15 is 0 Å². The van der Waals surface area contributed by atoms with Gasteiger partial charge in [0.15, 0.2) is 0 Å². The number of methoxy groups -OCH3 is 1. The van der Waals surface area contributed by atoms with Gasteiger partial charge in [-0.15, -0.1) is 0 Å². The molecule has 108 valence electrons. The monoisotopic (exact) mass is 329 g/mol. The first-order valence-electron chi connectivity index (χ1n) is 6.55. The third-order valence-electron chi connectivity index (χ3n) is 3.62. The van der Waals surface area contributed by atoms with Crippen LogP contribution in [0.2, 0.25) is 0 Å². The van der Waals surface area contributed by atoms with Crippen molar-refractivity contribution in [2.75, 3.05) is 27.3 Å². The molecule has 19 heavy (non-hydrogen) atoms. The van der Waals surface area contributed by atoms with Crippen LogP contribution >= 0.6 is 15.9 Å². The molecule has 4 heteroatoms. The van der Waals surface area contributed by atoms with Crippen LogP contribution in [0.3, 0.4) is 0 Å². The third-order valence-corrected chi connectivity index (χ3v) is 4.81.